The van der Waals surface area contributed by atoms with Gasteiger partial charge in [0.15, 0.2) is 0 Å². The Bertz CT molecular complexity index is 1210. The van der Waals surface area contributed by atoms with Gasteiger partial charge in [0.25, 0.3) is 5.91 Å². The van der Waals surface area contributed by atoms with E-state index in [2.05, 4.69) is 20.9 Å². The zero-order valence-electron chi connectivity index (χ0n) is 19.0. The number of aromatic nitrogens is 1. The first kappa shape index (κ1) is 26.8. The van der Waals surface area contributed by atoms with E-state index in [1.54, 1.807) is 30.3 Å². The third-order valence-electron chi connectivity index (χ3n) is 4.70. The van der Waals surface area contributed by atoms with Crippen molar-refractivity contribution in [3.8, 4) is 11.5 Å². The molecule has 0 unspecified atom stereocenters. The SMILES string of the molecule is COCCNC(=O)c1cc(Oc2ccc(CNC(=O)Nc3ccc(Cl)c(C(F)(F)F)c3)cc2)ccn1. The summed E-state index contributed by atoms with van der Waals surface area (Å²) in [5.74, 6) is 0.541. The van der Waals surface area contributed by atoms with Gasteiger partial charge in [0.05, 0.1) is 17.2 Å². The van der Waals surface area contributed by atoms with E-state index >= 15 is 0 Å². The number of urea groups is 1. The lowest BCUT2D eigenvalue weighted by atomic mass is 10.2. The van der Waals surface area contributed by atoms with Crippen LogP contribution in [-0.4, -0.2) is 37.2 Å². The van der Waals surface area contributed by atoms with Crippen LogP contribution in [0.2, 0.25) is 5.02 Å². The second kappa shape index (κ2) is 12.2. The molecule has 0 aliphatic carbocycles. The predicted molar refractivity (Wildman–Crippen MR) is 127 cm³/mol. The van der Waals surface area contributed by atoms with Crippen LogP contribution in [0.1, 0.15) is 21.6 Å². The van der Waals surface area contributed by atoms with Gasteiger partial charge >= 0.3 is 12.2 Å². The molecule has 0 radical (unpaired) electrons. The summed E-state index contributed by atoms with van der Waals surface area (Å²) < 4.78 is 49.6. The number of pyridine rings is 1. The summed E-state index contributed by atoms with van der Waals surface area (Å²) in [6, 6.07) is 12.3. The minimum absolute atomic E-state index is 0.0444. The molecule has 12 heteroatoms. The number of carbonyl (C=O) groups excluding carboxylic acids is 2. The van der Waals surface area contributed by atoms with Crippen molar-refractivity contribution < 1.29 is 32.2 Å². The van der Waals surface area contributed by atoms with Gasteiger partial charge in [0.1, 0.15) is 17.2 Å². The quantitative estimate of drug-likeness (QED) is 0.333. The molecule has 0 saturated carbocycles. The van der Waals surface area contributed by atoms with E-state index in [1.165, 1.54) is 25.4 Å². The average Bonchev–Trinajstić information content (AvgIpc) is 2.84. The highest BCUT2D eigenvalue weighted by Gasteiger charge is 2.33. The summed E-state index contributed by atoms with van der Waals surface area (Å²) in [6.07, 6.45) is -3.18. The summed E-state index contributed by atoms with van der Waals surface area (Å²) in [6.45, 7) is 0.849. The van der Waals surface area contributed by atoms with E-state index in [0.29, 0.717) is 24.7 Å². The summed E-state index contributed by atoms with van der Waals surface area (Å²) in [4.78, 5) is 28.2. The topological polar surface area (TPSA) is 102 Å². The van der Waals surface area contributed by atoms with Crippen LogP contribution < -0.4 is 20.7 Å². The Balaban J connectivity index is 1.53. The summed E-state index contributed by atoms with van der Waals surface area (Å²) in [7, 11) is 1.53. The minimum Gasteiger partial charge on any atom is -0.457 e. The van der Waals surface area contributed by atoms with Gasteiger partial charge < -0.3 is 25.4 Å². The van der Waals surface area contributed by atoms with Crippen molar-refractivity contribution in [1.82, 2.24) is 15.6 Å². The van der Waals surface area contributed by atoms with Gasteiger partial charge in [-0.2, -0.15) is 13.2 Å². The van der Waals surface area contributed by atoms with Crippen molar-refractivity contribution in [2.45, 2.75) is 12.7 Å². The molecule has 2 aromatic carbocycles. The molecule has 0 bridgehead atoms. The standard InChI is InChI=1S/C24H22ClF3N4O4/c1-35-11-10-30-22(33)21-13-18(8-9-29-21)36-17-5-2-15(3-6-17)14-31-23(34)32-16-4-7-20(25)19(12-16)24(26,27)28/h2-9,12-13H,10-11,14H2,1H3,(H,30,33)(H2,31,32,34). The molecule has 0 aliphatic heterocycles. The Hall–Kier alpha value is -3.83. The van der Waals surface area contributed by atoms with Gasteiger partial charge in [-0.15, -0.1) is 0 Å². The molecule has 3 N–H and O–H groups in total. The Morgan fingerprint density at radius 1 is 1.00 bits per heavy atom. The minimum atomic E-state index is -4.64. The Morgan fingerprint density at radius 3 is 2.44 bits per heavy atom. The van der Waals surface area contributed by atoms with Gasteiger partial charge in [-0.1, -0.05) is 23.7 Å². The highest BCUT2D eigenvalue weighted by atomic mass is 35.5. The van der Waals surface area contributed by atoms with Crippen molar-refractivity contribution in [2.75, 3.05) is 25.6 Å². The fraction of sp³-hybridized carbons (Fsp3) is 0.208. The highest BCUT2D eigenvalue weighted by molar-refractivity contribution is 6.31. The number of alkyl halides is 3. The number of benzene rings is 2. The lowest BCUT2D eigenvalue weighted by Crippen LogP contribution is -2.28. The van der Waals surface area contributed by atoms with E-state index < -0.39 is 22.8 Å². The zero-order valence-corrected chi connectivity index (χ0v) is 19.7. The van der Waals surface area contributed by atoms with Crippen LogP contribution in [0.5, 0.6) is 11.5 Å². The molecule has 8 nitrogen and oxygen atoms in total. The zero-order chi connectivity index (χ0) is 26.1. The fourth-order valence-corrected chi connectivity index (χ4v) is 3.17. The van der Waals surface area contributed by atoms with Crippen molar-refractivity contribution >= 4 is 29.2 Å². The summed E-state index contributed by atoms with van der Waals surface area (Å²) in [5, 5.41) is 7.13. The van der Waals surface area contributed by atoms with Crippen LogP contribution >= 0.6 is 11.6 Å². The van der Waals surface area contributed by atoms with Crippen molar-refractivity contribution in [3.05, 3.63) is 82.6 Å². The van der Waals surface area contributed by atoms with Crippen LogP contribution in [0, 0.1) is 0 Å². The molecule has 36 heavy (non-hydrogen) atoms. The molecule has 1 aromatic heterocycles. The summed E-state index contributed by atoms with van der Waals surface area (Å²) in [5.41, 5.74) is -0.168. The van der Waals surface area contributed by atoms with Gasteiger partial charge in [0.2, 0.25) is 0 Å². The number of amides is 3. The van der Waals surface area contributed by atoms with Crippen molar-refractivity contribution in [1.29, 1.82) is 0 Å². The molecule has 190 valence electrons. The van der Waals surface area contributed by atoms with E-state index in [9.17, 15) is 22.8 Å². The first-order valence-electron chi connectivity index (χ1n) is 10.6. The largest absolute Gasteiger partial charge is 0.457 e. The molecule has 0 aliphatic rings. The lowest BCUT2D eigenvalue weighted by Gasteiger charge is -2.12. The second-order valence-corrected chi connectivity index (χ2v) is 7.78. The third-order valence-corrected chi connectivity index (χ3v) is 5.03. The number of carbonyl (C=O) groups is 2. The number of hydrogen-bond acceptors (Lipinski definition) is 5. The van der Waals surface area contributed by atoms with Gasteiger partial charge in [-0.25, -0.2) is 4.79 Å². The number of nitrogens with one attached hydrogen (secondary N) is 3. The maximum Gasteiger partial charge on any atom is 0.417 e. The van der Waals surface area contributed by atoms with Gasteiger partial charge in [0, 0.05) is 38.1 Å². The van der Waals surface area contributed by atoms with Gasteiger partial charge in [-0.3, -0.25) is 9.78 Å². The van der Waals surface area contributed by atoms with Gasteiger partial charge in [-0.05, 0) is 42.0 Å². The molecular weight excluding hydrogens is 501 g/mol. The highest BCUT2D eigenvalue weighted by Crippen LogP contribution is 2.36. The number of rotatable bonds is 9. The maximum atomic E-state index is 13.0. The van der Waals surface area contributed by atoms with E-state index in [4.69, 9.17) is 21.1 Å². The number of nitrogens with zero attached hydrogens (tertiary/aromatic N) is 1. The molecule has 0 saturated heterocycles. The van der Waals surface area contributed by atoms with Crippen LogP contribution in [-0.2, 0) is 17.5 Å². The van der Waals surface area contributed by atoms with E-state index in [-0.39, 0.29) is 23.8 Å². The smallest absolute Gasteiger partial charge is 0.417 e. The normalized spacial score (nSPS) is 11.0. The number of methoxy groups -OCH3 is 1. The third kappa shape index (κ3) is 7.85. The molecule has 3 rings (SSSR count). The molecule has 0 spiro atoms. The molecule has 3 aromatic rings. The second-order valence-electron chi connectivity index (χ2n) is 7.37. The molecule has 3 amide bonds. The average molecular weight is 523 g/mol. The Kier molecular flexibility index (Phi) is 9.09. The van der Waals surface area contributed by atoms with E-state index in [0.717, 1.165) is 17.7 Å². The van der Waals surface area contributed by atoms with Crippen molar-refractivity contribution in [3.63, 3.8) is 0 Å². The van der Waals surface area contributed by atoms with E-state index in [1.807, 2.05) is 0 Å². The number of ether oxygens (including phenoxy) is 2. The molecule has 1 heterocycles. The number of anilines is 1. The number of hydrogen-bond donors (Lipinski definition) is 3. The monoisotopic (exact) mass is 522 g/mol. The predicted octanol–water partition coefficient (Wildman–Crippen LogP) is 5.24. The first-order chi connectivity index (χ1) is 17.2. The maximum absolute atomic E-state index is 13.0. The lowest BCUT2D eigenvalue weighted by molar-refractivity contribution is -0.137. The Morgan fingerprint density at radius 2 is 1.75 bits per heavy atom. The summed E-state index contributed by atoms with van der Waals surface area (Å²) >= 11 is 5.58. The van der Waals surface area contributed by atoms with Crippen LogP contribution in [0.4, 0.5) is 23.7 Å². The number of halogens is 4. The molecular formula is C24H22ClF3N4O4. The molecule has 0 atom stereocenters. The molecule has 0 fully saturated rings. The Labute approximate surface area is 209 Å². The fourth-order valence-electron chi connectivity index (χ4n) is 2.95. The van der Waals surface area contributed by atoms with Crippen molar-refractivity contribution in [2.24, 2.45) is 0 Å². The van der Waals surface area contributed by atoms with Crippen LogP contribution in [0.3, 0.4) is 0 Å². The first-order valence-corrected chi connectivity index (χ1v) is 10.9. The van der Waals surface area contributed by atoms with Crippen LogP contribution in [0.25, 0.3) is 0 Å². The van der Waals surface area contributed by atoms with Crippen LogP contribution in [0.15, 0.2) is 60.8 Å².